The maximum Gasteiger partial charge on any atom is 0.270 e. The van der Waals surface area contributed by atoms with E-state index < -0.39 is 14.6 Å². The summed E-state index contributed by atoms with van der Waals surface area (Å²) in [7, 11) is -1.52. The first-order chi connectivity index (χ1) is 12.9. The molecule has 1 saturated heterocycles. The summed E-state index contributed by atoms with van der Waals surface area (Å²) in [4.78, 5) is 16.3. The highest BCUT2D eigenvalue weighted by molar-refractivity contribution is 7.92. The molecule has 1 spiro atoms. The molecule has 1 aromatic rings. The summed E-state index contributed by atoms with van der Waals surface area (Å²) < 4.78 is 29.8. The fourth-order valence-corrected chi connectivity index (χ4v) is 6.72. The molecule has 0 radical (unpaired) electrons. The van der Waals surface area contributed by atoms with E-state index in [9.17, 15) is 13.2 Å². The highest BCUT2D eigenvalue weighted by Gasteiger charge is 2.56. The Labute approximate surface area is 161 Å². The van der Waals surface area contributed by atoms with Crippen LogP contribution >= 0.6 is 0 Å². The zero-order chi connectivity index (χ0) is 19.5. The second-order valence-electron chi connectivity index (χ2n) is 7.71. The van der Waals surface area contributed by atoms with E-state index in [-0.39, 0.29) is 23.6 Å². The molecule has 1 saturated carbocycles. The summed E-state index contributed by atoms with van der Waals surface area (Å²) in [6.07, 6.45) is 5.23. The van der Waals surface area contributed by atoms with Crippen molar-refractivity contribution in [2.45, 2.75) is 49.8 Å². The summed E-state index contributed by atoms with van der Waals surface area (Å²) in [5, 5.41) is 6.36. The van der Waals surface area contributed by atoms with Crippen LogP contribution in [-0.2, 0) is 9.84 Å². The highest BCUT2D eigenvalue weighted by atomic mass is 32.2. The molecular formula is C19H29N3O4S. The van der Waals surface area contributed by atoms with E-state index in [0.29, 0.717) is 43.7 Å². The monoisotopic (exact) mass is 395 g/mol. The van der Waals surface area contributed by atoms with Gasteiger partial charge in [0.05, 0.1) is 17.6 Å². The third-order valence-corrected chi connectivity index (χ3v) is 8.36. The fourth-order valence-electron chi connectivity index (χ4n) is 4.26. The molecule has 0 aromatic carbocycles. The van der Waals surface area contributed by atoms with Gasteiger partial charge < -0.3 is 15.4 Å². The molecule has 2 N–H and O–H groups in total. The quantitative estimate of drug-likeness (QED) is 0.727. The molecule has 2 heterocycles. The van der Waals surface area contributed by atoms with Crippen LogP contribution in [0, 0.1) is 5.92 Å². The van der Waals surface area contributed by atoms with E-state index in [4.69, 9.17) is 4.74 Å². The van der Waals surface area contributed by atoms with Gasteiger partial charge in [-0.15, -0.1) is 0 Å². The van der Waals surface area contributed by atoms with E-state index >= 15 is 0 Å². The van der Waals surface area contributed by atoms with Crippen LogP contribution in [0.3, 0.4) is 0 Å². The minimum absolute atomic E-state index is 0.194. The summed E-state index contributed by atoms with van der Waals surface area (Å²) >= 11 is 0. The van der Waals surface area contributed by atoms with Crippen molar-refractivity contribution in [2.24, 2.45) is 5.92 Å². The molecule has 2 fully saturated rings. The van der Waals surface area contributed by atoms with Gasteiger partial charge in [0.2, 0.25) is 0 Å². The first-order valence-corrected chi connectivity index (χ1v) is 11.3. The molecule has 1 amide bonds. The molecular weight excluding hydrogens is 366 g/mol. The number of ether oxygens (including phenoxy) is 1. The lowest BCUT2D eigenvalue weighted by molar-refractivity contribution is 0.0919. The van der Waals surface area contributed by atoms with Gasteiger partial charge >= 0.3 is 0 Å². The van der Waals surface area contributed by atoms with Crippen molar-refractivity contribution in [1.82, 2.24) is 15.6 Å². The van der Waals surface area contributed by atoms with Crippen molar-refractivity contribution >= 4 is 15.7 Å². The molecule has 1 aliphatic carbocycles. The zero-order valence-corrected chi connectivity index (χ0v) is 16.8. The molecule has 0 bridgehead atoms. The van der Waals surface area contributed by atoms with Gasteiger partial charge in [-0.25, -0.2) is 8.42 Å². The molecule has 3 rings (SSSR count). The molecule has 27 heavy (non-hydrogen) atoms. The van der Waals surface area contributed by atoms with Crippen LogP contribution in [0.5, 0.6) is 5.75 Å². The smallest absolute Gasteiger partial charge is 0.270 e. The van der Waals surface area contributed by atoms with Gasteiger partial charge in [0.1, 0.15) is 11.4 Å². The summed E-state index contributed by atoms with van der Waals surface area (Å²) in [5.74, 6) is 0.779. The Hall–Kier alpha value is -1.67. The summed E-state index contributed by atoms with van der Waals surface area (Å²) in [6, 6.07) is 3.56. The minimum Gasteiger partial charge on any atom is -0.497 e. The maximum atomic E-state index is 12.6. The Morgan fingerprint density at radius 3 is 2.85 bits per heavy atom. The van der Waals surface area contributed by atoms with Crippen LogP contribution in [0.2, 0.25) is 0 Å². The fraction of sp³-hybridized carbons (Fsp3) is 0.684. The third kappa shape index (κ3) is 4.27. The van der Waals surface area contributed by atoms with E-state index in [2.05, 4.69) is 22.5 Å². The predicted molar refractivity (Wildman–Crippen MR) is 104 cm³/mol. The van der Waals surface area contributed by atoms with Gasteiger partial charge in [0.15, 0.2) is 9.84 Å². The van der Waals surface area contributed by atoms with Gasteiger partial charge in [-0.2, -0.15) is 0 Å². The summed E-state index contributed by atoms with van der Waals surface area (Å²) in [5.41, 5.74) is 0.303. The lowest BCUT2D eigenvalue weighted by atomic mass is 9.70. The number of pyridine rings is 1. The topological polar surface area (TPSA) is 97.4 Å². The second-order valence-corrected chi connectivity index (χ2v) is 10.2. The number of hydrogen-bond acceptors (Lipinski definition) is 6. The average Bonchev–Trinajstić information content (AvgIpc) is 2.64. The second kappa shape index (κ2) is 8.14. The molecule has 2 aliphatic rings. The first kappa shape index (κ1) is 20.1. The number of nitrogens with zero attached hydrogens (tertiary/aromatic N) is 1. The van der Waals surface area contributed by atoms with Crippen molar-refractivity contribution in [3.63, 3.8) is 0 Å². The maximum absolute atomic E-state index is 12.6. The average molecular weight is 396 g/mol. The number of carbonyl (C=O) groups excluding carboxylic acids is 1. The number of methoxy groups -OCH3 is 1. The van der Waals surface area contributed by atoms with Crippen LogP contribution in [0.4, 0.5) is 0 Å². The van der Waals surface area contributed by atoms with Crippen LogP contribution in [0.25, 0.3) is 0 Å². The van der Waals surface area contributed by atoms with Crippen LogP contribution in [0.1, 0.15) is 49.5 Å². The van der Waals surface area contributed by atoms with Gasteiger partial charge in [-0.1, -0.05) is 6.92 Å². The number of aromatic nitrogens is 1. The predicted octanol–water partition coefficient (Wildman–Crippen LogP) is 1.55. The Morgan fingerprint density at radius 1 is 1.37 bits per heavy atom. The lowest BCUT2D eigenvalue weighted by Crippen LogP contribution is -2.59. The molecule has 1 unspecified atom stereocenters. The highest BCUT2D eigenvalue weighted by Crippen LogP contribution is 2.49. The minimum atomic E-state index is -3.06. The van der Waals surface area contributed by atoms with Crippen LogP contribution in [0.15, 0.2) is 18.3 Å². The number of sulfone groups is 1. The molecule has 1 aliphatic heterocycles. The van der Waals surface area contributed by atoms with Crippen LogP contribution in [-0.4, -0.2) is 56.0 Å². The molecule has 1 atom stereocenters. The van der Waals surface area contributed by atoms with Crippen molar-refractivity contribution in [3.8, 4) is 5.75 Å². The number of amides is 1. The van der Waals surface area contributed by atoms with E-state index in [0.717, 1.165) is 13.0 Å². The van der Waals surface area contributed by atoms with Crippen molar-refractivity contribution < 1.29 is 17.9 Å². The zero-order valence-electron chi connectivity index (χ0n) is 16.0. The Bertz CT molecular complexity index is 775. The number of nitrogens with one attached hydrogen (secondary N) is 2. The van der Waals surface area contributed by atoms with E-state index in [1.165, 1.54) is 13.3 Å². The Balaban J connectivity index is 1.53. The molecule has 1 aromatic heterocycles. The van der Waals surface area contributed by atoms with Crippen molar-refractivity contribution in [2.75, 3.05) is 26.0 Å². The van der Waals surface area contributed by atoms with Gasteiger partial charge in [-0.3, -0.25) is 9.78 Å². The Morgan fingerprint density at radius 2 is 2.15 bits per heavy atom. The normalized spacial score (nSPS) is 29.1. The van der Waals surface area contributed by atoms with E-state index in [1.54, 1.807) is 12.1 Å². The number of carbonyl (C=O) groups is 1. The standard InChI is InChI=1S/C19H29N3O4S/c1-3-6-20-15-5-8-27(24,25)19(12-15)10-14(11-19)13-22-18(23)17-9-16(26-2)4-7-21-17/h4,7,9,14-15,20H,3,5-6,8,10-13H2,1-2H3,(H,22,23). The molecule has 150 valence electrons. The van der Waals surface area contributed by atoms with Gasteiger partial charge in [0.25, 0.3) is 5.91 Å². The van der Waals surface area contributed by atoms with Crippen molar-refractivity contribution in [3.05, 3.63) is 24.0 Å². The number of hydrogen-bond donors (Lipinski definition) is 2. The third-order valence-electron chi connectivity index (χ3n) is 5.77. The van der Waals surface area contributed by atoms with E-state index in [1.807, 2.05) is 0 Å². The number of rotatable bonds is 7. The Kier molecular flexibility index (Phi) is 6.05. The molecule has 7 nitrogen and oxygen atoms in total. The summed E-state index contributed by atoms with van der Waals surface area (Å²) in [6.45, 7) is 3.51. The van der Waals surface area contributed by atoms with Crippen molar-refractivity contribution in [1.29, 1.82) is 0 Å². The largest absolute Gasteiger partial charge is 0.497 e. The first-order valence-electron chi connectivity index (χ1n) is 9.63. The van der Waals surface area contributed by atoms with Gasteiger partial charge in [0, 0.05) is 24.8 Å². The molecule has 8 heteroatoms. The van der Waals surface area contributed by atoms with Crippen LogP contribution < -0.4 is 15.4 Å². The SMILES string of the molecule is CCCNC1CCS(=O)(=O)C2(CC(CNC(=O)c3cc(OC)ccn3)C2)C1. The van der Waals surface area contributed by atoms with Gasteiger partial charge in [-0.05, 0) is 50.6 Å². The lowest BCUT2D eigenvalue weighted by Gasteiger charge is -2.51.